The average Bonchev–Trinajstić information content (AvgIpc) is 2.45. The number of hydrogen-bond donors (Lipinski definition) is 4. The summed E-state index contributed by atoms with van der Waals surface area (Å²) in [7, 11) is 0. The maximum absolute atomic E-state index is 4.49. The average molecular weight is 395 g/mol. The Balaban J connectivity index is 4.02. The van der Waals surface area contributed by atoms with Crippen LogP contribution in [0.15, 0.2) is 0 Å². The molecule has 0 fully saturated rings. The molecule has 0 spiro atoms. The van der Waals surface area contributed by atoms with Gasteiger partial charge in [-0.1, -0.05) is 13.8 Å². The Morgan fingerprint density at radius 3 is 1.32 bits per heavy atom. The van der Waals surface area contributed by atoms with Crippen molar-refractivity contribution in [3.05, 3.63) is 0 Å². The first kappa shape index (κ1) is 21.4. The van der Waals surface area contributed by atoms with Crippen molar-refractivity contribution < 1.29 is 0 Å². The van der Waals surface area contributed by atoms with Crippen molar-refractivity contribution in [1.82, 2.24) is 0 Å². The van der Waals surface area contributed by atoms with E-state index in [-0.39, 0.29) is 0 Å². The molecule has 0 bridgehead atoms. The van der Waals surface area contributed by atoms with Gasteiger partial charge in [-0.05, 0) is 0 Å². The maximum Gasteiger partial charge on any atom is 0.0229 e. The second-order valence-corrected chi connectivity index (χ2v) is 10.4. The smallest absolute Gasteiger partial charge is 0.0229 e. The number of rotatable bonds is 12. The van der Waals surface area contributed by atoms with Gasteiger partial charge in [0, 0.05) is 55.5 Å². The van der Waals surface area contributed by atoms with Crippen LogP contribution < -0.4 is 0 Å². The van der Waals surface area contributed by atoms with Gasteiger partial charge in [-0.3, -0.25) is 0 Å². The zero-order valence-corrected chi connectivity index (χ0v) is 17.6. The van der Waals surface area contributed by atoms with E-state index in [0.29, 0.717) is 21.0 Å². The summed E-state index contributed by atoms with van der Waals surface area (Å²) in [6.07, 6.45) is 0. The normalized spacial score (nSPS) is 18.0. The molecule has 19 heavy (non-hydrogen) atoms. The van der Waals surface area contributed by atoms with Crippen LogP contribution >= 0.6 is 85.8 Å². The first-order valence-corrected chi connectivity index (χ1v) is 12.0. The molecular formula is C12H26S7. The third kappa shape index (κ3) is 11.6. The third-order valence-corrected chi connectivity index (χ3v) is 9.92. The molecule has 0 aliphatic carbocycles. The highest BCUT2D eigenvalue weighted by Gasteiger charge is 2.17. The van der Waals surface area contributed by atoms with E-state index < -0.39 is 0 Å². The zero-order chi connectivity index (χ0) is 14.7. The molecule has 0 N–H and O–H groups in total. The van der Waals surface area contributed by atoms with Crippen LogP contribution in [0.2, 0.25) is 0 Å². The van der Waals surface area contributed by atoms with Crippen molar-refractivity contribution in [2.75, 3.05) is 34.5 Å². The van der Waals surface area contributed by atoms with E-state index in [0.717, 1.165) is 34.5 Å². The van der Waals surface area contributed by atoms with Crippen LogP contribution in [0.5, 0.6) is 0 Å². The molecule has 0 aromatic heterocycles. The highest BCUT2D eigenvalue weighted by atomic mass is 32.2. The molecule has 4 unspecified atom stereocenters. The van der Waals surface area contributed by atoms with Crippen LogP contribution in [-0.2, 0) is 0 Å². The molecule has 116 valence electrons. The van der Waals surface area contributed by atoms with Crippen LogP contribution in [0.25, 0.3) is 0 Å². The van der Waals surface area contributed by atoms with E-state index in [4.69, 9.17) is 0 Å². The molecule has 0 nitrogen and oxygen atoms in total. The molecule has 0 aromatic rings. The molecule has 0 saturated carbocycles. The van der Waals surface area contributed by atoms with Gasteiger partial charge in [0.1, 0.15) is 0 Å². The second-order valence-electron chi connectivity index (χ2n) is 4.40. The van der Waals surface area contributed by atoms with Gasteiger partial charge in [-0.25, -0.2) is 0 Å². The lowest BCUT2D eigenvalue weighted by atomic mass is 10.5. The van der Waals surface area contributed by atoms with Gasteiger partial charge < -0.3 is 0 Å². The van der Waals surface area contributed by atoms with Crippen LogP contribution in [-0.4, -0.2) is 55.5 Å². The predicted molar refractivity (Wildman–Crippen MR) is 114 cm³/mol. The number of thiol groups is 4. The minimum absolute atomic E-state index is 0.611. The Bertz CT molecular complexity index is 183. The summed E-state index contributed by atoms with van der Waals surface area (Å²) >= 11 is 23.7. The van der Waals surface area contributed by atoms with Gasteiger partial charge in [-0.2, -0.15) is 85.8 Å². The van der Waals surface area contributed by atoms with Crippen LogP contribution in [0.4, 0.5) is 0 Å². The van der Waals surface area contributed by atoms with Gasteiger partial charge in [-0.15, -0.1) is 0 Å². The number of thioether (sulfide) groups is 3. The standard InChI is InChI=1S/C12H26S7/c1-9(3-13)17-7-11(5-15)19-12(6-16)8-18-10(2)4-14/h9-16H,3-8H2,1-2H3. The van der Waals surface area contributed by atoms with Crippen LogP contribution in [0, 0.1) is 0 Å². The molecule has 0 aliphatic heterocycles. The summed E-state index contributed by atoms with van der Waals surface area (Å²) in [6.45, 7) is 4.47. The van der Waals surface area contributed by atoms with Crippen molar-refractivity contribution in [2.24, 2.45) is 0 Å². The predicted octanol–water partition coefficient (Wildman–Crippen LogP) is 4.42. The fraction of sp³-hybridized carbons (Fsp3) is 1.00. The van der Waals surface area contributed by atoms with E-state index in [9.17, 15) is 0 Å². The largest absolute Gasteiger partial charge is 0.178 e. The SMILES string of the molecule is CC(CS)SCC(CS)SC(CS)CSC(C)CS. The summed E-state index contributed by atoms with van der Waals surface area (Å²) in [6, 6.07) is 0. The molecule has 0 heterocycles. The second kappa shape index (κ2) is 14.1. The van der Waals surface area contributed by atoms with E-state index in [2.05, 4.69) is 76.1 Å². The Morgan fingerprint density at radius 1 is 0.684 bits per heavy atom. The van der Waals surface area contributed by atoms with Crippen molar-refractivity contribution in [1.29, 1.82) is 0 Å². The van der Waals surface area contributed by atoms with Crippen molar-refractivity contribution in [2.45, 2.75) is 34.8 Å². The van der Waals surface area contributed by atoms with Gasteiger partial charge >= 0.3 is 0 Å². The first-order chi connectivity index (χ1) is 9.07. The fourth-order valence-corrected chi connectivity index (χ4v) is 6.30. The monoisotopic (exact) mass is 394 g/mol. The van der Waals surface area contributed by atoms with Crippen molar-refractivity contribution in [3.8, 4) is 0 Å². The molecule has 0 amide bonds. The molecule has 4 atom stereocenters. The lowest BCUT2D eigenvalue weighted by Gasteiger charge is -2.22. The number of hydrogen-bond acceptors (Lipinski definition) is 7. The summed E-state index contributed by atoms with van der Waals surface area (Å²) in [4.78, 5) is 0. The van der Waals surface area contributed by atoms with Gasteiger partial charge in [0.15, 0.2) is 0 Å². The highest BCUT2D eigenvalue weighted by molar-refractivity contribution is 8.06. The molecule has 0 rings (SSSR count). The Hall–Kier alpha value is 2.45. The van der Waals surface area contributed by atoms with E-state index in [1.807, 2.05) is 23.5 Å². The lowest BCUT2D eigenvalue weighted by Crippen LogP contribution is -2.20. The van der Waals surface area contributed by atoms with Gasteiger partial charge in [0.25, 0.3) is 0 Å². The van der Waals surface area contributed by atoms with Crippen molar-refractivity contribution >= 4 is 85.8 Å². The highest BCUT2D eigenvalue weighted by Crippen LogP contribution is 2.28. The third-order valence-electron chi connectivity index (χ3n) is 2.44. The Kier molecular flexibility index (Phi) is 15.9. The van der Waals surface area contributed by atoms with Gasteiger partial charge in [0.2, 0.25) is 0 Å². The summed E-state index contributed by atoms with van der Waals surface area (Å²) in [5.74, 6) is 6.09. The van der Waals surface area contributed by atoms with E-state index >= 15 is 0 Å². The quantitative estimate of drug-likeness (QED) is 0.362. The minimum atomic E-state index is 0.611. The van der Waals surface area contributed by atoms with Gasteiger partial charge in [0.05, 0.1) is 0 Å². The fourth-order valence-electron chi connectivity index (χ4n) is 1.19. The Labute approximate surface area is 154 Å². The molecule has 0 aliphatic rings. The van der Waals surface area contributed by atoms with E-state index in [1.165, 1.54) is 0 Å². The molecule has 7 heteroatoms. The molecule has 0 radical (unpaired) electrons. The summed E-state index contributed by atoms with van der Waals surface area (Å²) < 4.78 is 0. The summed E-state index contributed by atoms with van der Waals surface area (Å²) in [5.41, 5.74) is 0. The topological polar surface area (TPSA) is 0 Å². The van der Waals surface area contributed by atoms with Crippen LogP contribution in [0.3, 0.4) is 0 Å². The first-order valence-electron chi connectivity index (χ1n) is 6.39. The minimum Gasteiger partial charge on any atom is -0.178 e. The Morgan fingerprint density at radius 2 is 1.05 bits per heavy atom. The molecule has 0 saturated heterocycles. The molecule has 0 aromatic carbocycles. The zero-order valence-electron chi connectivity index (χ0n) is 11.6. The molecular weight excluding hydrogens is 369 g/mol. The lowest BCUT2D eigenvalue weighted by molar-refractivity contribution is 1.06. The maximum atomic E-state index is 4.49. The summed E-state index contributed by atoms with van der Waals surface area (Å²) in [5, 5.41) is 2.47. The van der Waals surface area contributed by atoms with Crippen LogP contribution in [0.1, 0.15) is 13.8 Å². The van der Waals surface area contributed by atoms with E-state index in [1.54, 1.807) is 0 Å². The van der Waals surface area contributed by atoms with Crippen molar-refractivity contribution in [3.63, 3.8) is 0 Å².